The van der Waals surface area contributed by atoms with E-state index in [1.807, 2.05) is 0 Å². The second kappa shape index (κ2) is 8.72. The molecule has 166 valence electrons. The van der Waals surface area contributed by atoms with Crippen molar-refractivity contribution in [3.8, 4) is 0 Å². The van der Waals surface area contributed by atoms with Crippen LogP contribution in [0.1, 0.15) is 18.7 Å². The number of nitrogens with one attached hydrogen (secondary N) is 1. The SMILES string of the molecule is Nc1nc(/C(=N/O)C(=O)N[C@@H]2C(=O)N3C(C(=O)O)=C(Sc4ccc(Cl)nc4)CCC23)ns1. The fraction of sp³-hybridized carbons (Fsp3) is 0.235. The molecule has 0 bridgehead atoms. The van der Waals surface area contributed by atoms with E-state index in [2.05, 4.69) is 24.8 Å². The van der Waals surface area contributed by atoms with E-state index in [0.29, 0.717) is 27.8 Å². The molecule has 12 nitrogen and oxygen atoms in total. The van der Waals surface area contributed by atoms with E-state index >= 15 is 0 Å². The molecule has 0 spiro atoms. The maximum Gasteiger partial charge on any atom is 0.353 e. The molecule has 4 heterocycles. The zero-order valence-electron chi connectivity index (χ0n) is 15.9. The molecule has 15 heteroatoms. The van der Waals surface area contributed by atoms with Crippen LogP contribution in [-0.4, -0.2) is 65.1 Å². The fourth-order valence-corrected chi connectivity index (χ4v) is 5.00. The van der Waals surface area contributed by atoms with Crippen LogP contribution in [0.15, 0.2) is 39.0 Å². The third kappa shape index (κ3) is 3.99. The van der Waals surface area contributed by atoms with E-state index < -0.39 is 35.6 Å². The van der Waals surface area contributed by atoms with Gasteiger partial charge in [-0.05, 0) is 25.0 Å². The lowest BCUT2D eigenvalue weighted by Gasteiger charge is -2.50. The van der Waals surface area contributed by atoms with Gasteiger partial charge in [0, 0.05) is 27.5 Å². The summed E-state index contributed by atoms with van der Waals surface area (Å²) in [6.45, 7) is 0. The number of carboxylic acids is 1. The molecule has 1 fully saturated rings. The van der Waals surface area contributed by atoms with Crippen LogP contribution in [0.5, 0.6) is 0 Å². The Bertz CT molecular complexity index is 1170. The molecule has 2 aromatic heterocycles. The molecule has 0 aromatic carbocycles. The number of hydrogen-bond donors (Lipinski definition) is 4. The first-order chi connectivity index (χ1) is 15.3. The summed E-state index contributed by atoms with van der Waals surface area (Å²) in [5.41, 5.74) is 4.84. The predicted molar refractivity (Wildman–Crippen MR) is 114 cm³/mol. The highest BCUT2D eigenvalue weighted by Gasteiger charge is 2.53. The number of oxime groups is 1. The zero-order valence-corrected chi connectivity index (χ0v) is 18.3. The van der Waals surface area contributed by atoms with E-state index in [-0.39, 0.29) is 16.7 Å². The third-order valence-corrected chi connectivity index (χ3v) is 6.68. The number of aliphatic carboxylic acids is 1. The molecule has 1 saturated heterocycles. The van der Waals surface area contributed by atoms with Gasteiger partial charge >= 0.3 is 5.97 Å². The van der Waals surface area contributed by atoms with Crippen molar-refractivity contribution in [2.24, 2.45) is 5.16 Å². The van der Waals surface area contributed by atoms with Crippen LogP contribution in [0.4, 0.5) is 5.13 Å². The standard InChI is InChI=1S/C17H14ClN7O5S2/c18-9-4-1-6(5-20-9)31-8-3-2-7-10(15(27)25(7)12(8)16(28)29)21-14(26)11(23-30)13-22-17(19)32-24-13/h1,4-5,7,10,30H,2-3H2,(H,21,26)(H,28,29)(H2,19,22,24)/b23-11-/t7?,10-/m0/s1. The number of carboxylic acid groups (broad SMARTS) is 1. The van der Waals surface area contributed by atoms with Gasteiger partial charge in [-0.25, -0.2) is 9.78 Å². The molecule has 32 heavy (non-hydrogen) atoms. The average molecular weight is 496 g/mol. The third-order valence-electron chi connectivity index (χ3n) is 4.79. The van der Waals surface area contributed by atoms with Crippen molar-refractivity contribution >= 4 is 63.5 Å². The van der Waals surface area contributed by atoms with Gasteiger partial charge in [-0.3, -0.25) is 14.5 Å². The number of nitrogens with zero attached hydrogens (tertiary/aromatic N) is 5. The number of rotatable bonds is 6. The number of anilines is 1. The van der Waals surface area contributed by atoms with Crippen molar-refractivity contribution in [3.63, 3.8) is 0 Å². The lowest BCUT2D eigenvalue weighted by molar-refractivity contribution is -0.155. The fourth-order valence-electron chi connectivity index (χ4n) is 3.43. The molecule has 2 amide bonds. The Morgan fingerprint density at radius 1 is 1.41 bits per heavy atom. The number of aromatic nitrogens is 3. The number of halogens is 1. The summed E-state index contributed by atoms with van der Waals surface area (Å²) < 4.78 is 3.81. The van der Waals surface area contributed by atoms with Gasteiger partial charge in [0.15, 0.2) is 5.13 Å². The van der Waals surface area contributed by atoms with E-state index in [0.717, 1.165) is 16.4 Å². The van der Waals surface area contributed by atoms with E-state index in [1.165, 1.54) is 18.0 Å². The Kier molecular flexibility index (Phi) is 5.99. The van der Waals surface area contributed by atoms with Crippen molar-refractivity contribution in [2.75, 3.05) is 5.73 Å². The number of amides is 2. The number of β-lactam (4-membered cyclic amide) rings is 1. The number of nitrogen functional groups attached to an aromatic ring is 1. The maximum atomic E-state index is 12.8. The van der Waals surface area contributed by atoms with Crippen LogP contribution in [0.2, 0.25) is 5.15 Å². The van der Waals surface area contributed by atoms with Gasteiger partial charge < -0.3 is 21.4 Å². The summed E-state index contributed by atoms with van der Waals surface area (Å²) in [6.07, 6.45) is 2.31. The lowest BCUT2D eigenvalue weighted by atomic mass is 9.86. The molecule has 2 aromatic rings. The van der Waals surface area contributed by atoms with Gasteiger partial charge in [0.25, 0.3) is 11.8 Å². The largest absolute Gasteiger partial charge is 0.477 e. The lowest BCUT2D eigenvalue weighted by Crippen LogP contribution is -2.72. The highest BCUT2D eigenvalue weighted by atomic mass is 35.5. The number of thioether (sulfide) groups is 1. The number of hydrogen-bond acceptors (Lipinski definition) is 11. The van der Waals surface area contributed by atoms with Gasteiger partial charge in [-0.1, -0.05) is 28.5 Å². The first-order valence-corrected chi connectivity index (χ1v) is 11.0. The minimum absolute atomic E-state index is 0.0734. The highest BCUT2D eigenvalue weighted by molar-refractivity contribution is 8.03. The smallest absolute Gasteiger partial charge is 0.353 e. The summed E-state index contributed by atoms with van der Waals surface area (Å²) in [4.78, 5) is 47.3. The molecule has 0 radical (unpaired) electrons. The predicted octanol–water partition coefficient (Wildman–Crippen LogP) is 0.925. The van der Waals surface area contributed by atoms with Crippen LogP contribution in [-0.2, 0) is 14.4 Å². The number of carbonyl (C=O) groups is 3. The second-order valence-corrected chi connectivity index (χ2v) is 9.00. The quantitative estimate of drug-likeness (QED) is 0.148. The minimum atomic E-state index is -1.25. The molecule has 2 aliphatic rings. The van der Waals surface area contributed by atoms with Crippen molar-refractivity contribution < 1.29 is 24.7 Å². The van der Waals surface area contributed by atoms with E-state index in [9.17, 15) is 24.7 Å². The van der Waals surface area contributed by atoms with Crippen LogP contribution >= 0.6 is 34.9 Å². The Hall–Kier alpha value is -3.23. The Morgan fingerprint density at radius 2 is 2.19 bits per heavy atom. The number of fused-ring (bicyclic) bond motifs is 1. The molecule has 4 rings (SSSR count). The average Bonchev–Trinajstić information content (AvgIpc) is 3.19. The first-order valence-electron chi connectivity index (χ1n) is 9.01. The van der Waals surface area contributed by atoms with E-state index in [4.69, 9.17) is 17.3 Å². The molecule has 0 aliphatic carbocycles. The van der Waals surface area contributed by atoms with Crippen LogP contribution in [0.25, 0.3) is 0 Å². The summed E-state index contributed by atoms with van der Waals surface area (Å²) in [5, 5.41) is 24.7. The number of carbonyl (C=O) groups excluding carboxylic acids is 2. The van der Waals surface area contributed by atoms with Gasteiger partial charge in [-0.15, -0.1) is 0 Å². The molecule has 2 aliphatic heterocycles. The summed E-state index contributed by atoms with van der Waals surface area (Å²) in [6, 6.07) is 1.75. The molecule has 5 N–H and O–H groups in total. The Morgan fingerprint density at radius 3 is 2.78 bits per heavy atom. The molecular formula is C17H14ClN7O5S2. The summed E-state index contributed by atoms with van der Waals surface area (Å²) in [5.74, 6) is -2.90. The van der Waals surface area contributed by atoms with Crippen molar-refractivity contribution in [2.45, 2.75) is 29.8 Å². The first kappa shape index (κ1) is 22.0. The Balaban J connectivity index is 1.52. The molecular weight excluding hydrogens is 482 g/mol. The normalized spacial score (nSPS) is 20.6. The molecule has 2 atom stereocenters. The van der Waals surface area contributed by atoms with Crippen molar-refractivity contribution in [1.29, 1.82) is 0 Å². The monoisotopic (exact) mass is 495 g/mol. The second-order valence-electron chi connectivity index (χ2n) is 6.67. The minimum Gasteiger partial charge on any atom is -0.477 e. The molecule has 1 unspecified atom stereocenters. The maximum absolute atomic E-state index is 12.8. The van der Waals surface area contributed by atoms with Crippen molar-refractivity contribution in [1.82, 2.24) is 24.6 Å². The van der Waals surface area contributed by atoms with Crippen LogP contribution < -0.4 is 11.1 Å². The van der Waals surface area contributed by atoms with Gasteiger partial charge in [-0.2, -0.15) is 9.36 Å². The highest BCUT2D eigenvalue weighted by Crippen LogP contribution is 2.43. The molecule has 0 saturated carbocycles. The summed E-state index contributed by atoms with van der Waals surface area (Å²) in [7, 11) is 0. The van der Waals surface area contributed by atoms with Crippen LogP contribution in [0.3, 0.4) is 0 Å². The number of nitrogens with two attached hydrogens (primary N) is 1. The van der Waals surface area contributed by atoms with Gasteiger partial charge in [0.05, 0.1) is 6.04 Å². The van der Waals surface area contributed by atoms with Crippen LogP contribution in [0, 0.1) is 0 Å². The number of pyridine rings is 1. The van der Waals surface area contributed by atoms with Gasteiger partial charge in [0.1, 0.15) is 16.9 Å². The Labute approximate surface area is 193 Å². The number of allylic oxidation sites excluding steroid dienone is 1. The summed E-state index contributed by atoms with van der Waals surface area (Å²) >= 11 is 7.79. The van der Waals surface area contributed by atoms with Gasteiger partial charge in [0.2, 0.25) is 11.5 Å². The van der Waals surface area contributed by atoms with E-state index in [1.54, 1.807) is 12.1 Å². The van der Waals surface area contributed by atoms with Crippen molar-refractivity contribution in [3.05, 3.63) is 39.9 Å². The zero-order chi connectivity index (χ0) is 23.0. The topological polar surface area (TPSA) is 184 Å².